The molecule has 5 rings (SSSR count). The van der Waals surface area contributed by atoms with E-state index in [1.807, 2.05) is 48.5 Å². The molecule has 0 aliphatic heterocycles. The molecule has 0 amide bonds. The molecule has 0 aliphatic rings. The lowest BCUT2D eigenvalue weighted by Gasteiger charge is -2.07. The largest absolute Gasteiger partial charge is 0.508 e. The van der Waals surface area contributed by atoms with Gasteiger partial charge >= 0.3 is 0 Å². The van der Waals surface area contributed by atoms with Crippen molar-refractivity contribution in [3.8, 4) is 33.9 Å². The summed E-state index contributed by atoms with van der Waals surface area (Å²) >= 11 is 1.35. The van der Waals surface area contributed by atoms with Crippen LogP contribution in [0.5, 0.6) is 11.5 Å². The van der Waals surface area contributed by atoms with Crippen LogP contribution in [0.1, 0.15) is 15.2 Å². The van der Waals surface area contributed by atoms with Crippen LogP contribution in [0.3, 0.4) is 0 Å². The second kappa shape index (κ2) is 8.13. The third-order valence-corrected chi connectivity index (χ3v) is 6.23. The number of phenolic OH excluding ortho intramolecular Hbond substituents is 1. The molecule has 32 heavy (non-hydrogen) atoms. The molecular weight excluding hydrogens is 426 g/mol. The van der Waals surface area contributed by atoms with Crippen molar-refractivity contribution in [1.29, 1.82) is 0 Å². The number of ketones is 1. The first-order chi connectivity index (χ1) is 15.7. The highest BCUT2D eigenvalue weighted by Crippen LogP contribution is 2.42. The summed E-state index contributed by atoms with van der Waals surface area (Å²) in [4.78, 5) is 24.6. The maximum absolute atomic E-state index is 13.3. The van der Waals surface area contributed by atoms with Gasteiger partial charge in [-0.15, -0.1) is 11.3 Å². The molecule has 6 nitrogen and oxygen atoms in total. The summed E-state index contributed by atoms with van der Waals surface area (Å²) in [5, 5.41) is 14.7. The van der Waals surface area contributed by atoms with Crippen molar-refractivity contribution in [2.24, 2.45) is 0 Å². The van der Waals surface area contributed by atoms with Gasteiger partial charge in [-0.05, 0) is 23.8 Å². The Morgan fingerprint density at radius 1 is 1.00 bits per heavy atom. The lowest BCUT2D eigenvalue weighted by atomic mass is 9.97. The normalized spacial score (nSPS) is 10.9. The Morgan fingerprint density at radius 3 is 2.50 bits per heavy atom. The smallest absolute Gasteiger partial charge is 0.298 e. The van der Waals surface area contributed by atoms with E-state index in [1.165, 1.54) is 17.6 Å². The number of aromatic hydroxyl groups is 1. The van der Waals surface area contributed by atoms with Crippen LogP contribution in [0, 0.1) is 0 Å². The van der Waals surface area contributed by atoms with Gasteiger partial charge in [0.1, 0.15) is 5.75 Å². The molecule has 0 atom stereocenters. The first-order valence-electron chi connectivity index (χ1n) is 9.66. The van der Waals surface area contributed by atoms with Crippen molar-refractivity contribution >= 4 is 33.7 Å². The van der Waals surface area contributed by atoms with Crippen LogP contribution in [0.4, 0.5) is 0 Å². The van der Waals surface area contributed by atoms with Crippen molar-refractivity contribution in [1.82, 2.24) is 5.16 Å². The number of thiophene rings is 1. The van der Waals surface area contributed by atoms with Gasteiger partial charge in [-0.3, -0.25) is 9.59 Å². The zero-order valence-electron chi connectivity index (χ0n) is 16.5. The van der Waals surface area contributed by atoms with Crippen LogP contribution >= 0.6 is 11.3 Å². The van der Waals surface area contributed by atoms with Gasteiger partial charge in [-0.2, -0.15) is 0 Å². The van der Waals surface area contributed by atoms with Crippen molar-refractivity contribution < 1.29 is 24.0 Å². The molecule has 156 valence electrons. The average Bonchev–Trinajstić information content (AvgIpc) is 3.44. The van der Waals surface area contributed by atoms with Gasteiger partial charge < -0.3 is 14.4 Å². The number of benzene rings is 3. The van der Waals surface area contributed by atoms with Gasteiger partial charge in [0.25, 0.3) is 6.47 Å². The third-order valence-electron chi connectivity index (χ3n) is 5.08. The fourth-order valence-electron chi connectivity index (χ4n) is 3.61. The molecule has 3 aromatic carbocycles. The molecule has 2 aromatic heterocycles. The minimum absolute atomic E-state index is 0.0801. The number of phenols is 1. The maximum Gasteiger partial charge on any atom is 0.298 e. The number of carbonyl (C=O) groups excluding carboxylic acids is 2. The van der Waals surface area contributed by atoms with Crippen molar-refractivity contribution in [2.75, 3.05) is 0 Å². The standard InChI is InChI=1S/C25H15NO5S/c27-14-30-20-13-31-26-23(20)16-8-6-15(7-9-16)22-19-11-10-18(28)12-21(19)32-25(22)24(29)17-4-2-1-3-5-17/h1-14,28H. The summed E-state index contributed by atoms with van der Waals surface area (Å²) in [6.07, 6.45) is 1.26. The van der Waals surface area contributed by atoms with Crippen molar-refractivity contribution in [3.63, 3.8) is 0 Å². The van der Waals surface area contributed by atoms with Gasteiger partial charge in [-0.25, -0.2) is 0 Å². The molecular formula is C25H15NO5S. The Labute approximate surface area is 186 Å². The quantitative estimate of drug-likeness (QED) is 0.269. The number of rotatable bonds is 6. The Hall–Kier alpha value is -4.23. The minimum atomic E-state index is -0.0801. The van der Waals surface area contributed by atoms with Crippen LogP contribution in [-0.2, 0) is 4.79 Å². The Balaban J connectivity index is 1.64. The number of hydrogen-bond donors (Lipinski definition) is 1. The number of aromatic nitrogens is 1. The van der Waals surface area contributed by atoms with Crippen LogP contribution in [0.25, 0.3) is 32.5 Å². The van der Waals surface area contributed by atoms with E-state index < -0.39 is 0 Å². The van der Waals surface area contributed by atoms with Gasteiger partial charge in [-0.1, -0.05) is 59.8 Å². The molecule has 7 heteroatoms. The summed E-state index contributed by atoms with van der Waals surface area (Å²) in [5.74, 6) is 0.292. The highest BCUT2D eigenvalue weighted by atomic mass is 32.1. The van der Waals surface area contributed by atoms with Crippen LogP contribution in [0.2, 0.25) is 0 Å². The van der Waals surface area contributed by atoms with Crippen molar-refractivity contribution in [2.45, 2.75) is 0 Å². The molecule has 1 N–H and O–H groups in total. The first kappa shape index (κ1) is 19.7. The summed E-state index contributed by atoms with van der Waals surface area (Å²) in [6.45, 7) is 0.318. The van der Waals surface area contributed by atoms with Crippen LogP contribution in [0.15, 0.2) is 83.6 Å². The fourth-order valence-corrected chi connectivity index (χ4v) is 4.83. The summed E-state index contributed by atoms with van der Waals surface area (Å²) in [6, 6.07) is 21.6. The molecule has 0 spiro atoms. The summed E-state index contributed by atoms with van der Waals surface area (Å²) < 4.78 is 10.6. The topological polar surface area (TPSA) is 89.6 Å². The maximum atomic E-state index is 13.3. The lowest BCUT2D eigenvalue weighted by Crippen LogP contribution is -2.00. The van der Waals surface area contributed by atoms with Crippen LogP contribution in [-0.4, -0.2) is 22.5 Å². The number of nitrogens with zero attached hydrogens (tertiary/aromatic N) is 1. The zero-order chi connectivity index (χ0) is 22.1. The van der Waals surface area contributed by atoms with Gasteiger partial charge in [0.05, 0.1) is 4.88 Å². The summed E-state index contributed by atoms with van der Waals surface area (Å²) in [7, 11) is 0. The van der Waals surface area contributed by atoms with E-state index in [0.717, 1.165) is 21.2 Å². The molecule has 0 fully saturated rings. The Morgan fingerprint density at radius 2 is 1.75 bits per heavy atom. The molecule has 0 saturated carbocycles. The third kappa shape index (κ3) is 3.44. The number of hydrogen-bond acceptors (Lipinski definition) is 7. The number of carbonyl (C=O) groups is 2. The molecule has 2 heterocycles. The SMILES string of the molecule is O=COc1conc1-c1ccc(-c2c(C(=O)c3ccccc3)sc3cc(O)ccc23)cc1. The highest BCUT2D eigenvalue weighted by Gasteiger charge is 2.22. The van der Waals surface area contributed by atoms with E-state index in [4.69, 9.17) is 9.26 Å². The molecule has 5 aromatic rings. The van der Waals surface area contributed by atoms with Gasteiger partial charge in [0, 0.05) is 26.8 Å². The monoisotopic (exact) mass is 441 g/mol. The Bertz CT molecular complexity index is 1430. The van der Waals surface area contributed by atoms with E-state index in [-0.39, 0.29) is 17.3 Å². The second-order valence-corrected chi connectivity index (χ2v) is 8.05. The van der Waals surface area contributed by atoms with Gasteiger partial charge in [0.2, 0.25) is 5.78 Å². The van der Waals surface area contributed by atoms with Crippen molar-refractivity contribution in [3.05, 3.63) is 89.5 Å². The van der Waals surface area contributed by atoms with Crippen LogP contribution < -0.4 is 4.74 Å². The average molecular weight is 441 g/mol. The molecule has 0 radical (unpaired) electrons. The predicted molar refractivity (Wildman–Crippen MR) is 121 cm³/mol. The number of fused-ring (bicyclic) bond motifs is 1. The molecule has 0 unspecified atom stereocenters. The van der Waals surface area contributed by atoms with Gasteiger partial charge in [0.15, 0.2) is 17.7 Å². The minimum Gasteiger partial charge on any atom is -0.508 e. The zero-order valence-corrected chi connectivity index (χ0v) is 17.3. The van der Waals surface area contributed by atoms with E-state index in [2.05, 4.69) is 5.16 Å². The molecule has 0 saturated heterocycles. The van der Waals surface area contributed by atoms with E-state index in [1.54, 1.807) is 24.3 Å². The lowest BCUT2D eigenvalue weighted by molar-refractivity contribution is -0.120. The summed E-state index contributed by atoms with van der Waals surface area (Å²) in [5.41, 5.74) is 3.34. The number of ether oxygens (including phenoxy) is 1. The van der Waals surface area contributed by atoms with E-state index >= 15 is 0 Å². The molecule has 0 aliphatic carbocycles. The molecule has 0 bridgehead atoms. The predicted octanol–water partition coefficient (Wildman–Crippen LogP) is 5.70. The highest BCUT2D eigenvalue weighted by molar-refractivity contribution is 7.21. The second-order valence-electron chi connectivity index (χ2n) is 7.00. The van der Waals surface area contributed by atoms with E-state index in [9.17, 15) is 14.7 Å². The fraction of sp³-hybridized carbons (Fsp3) is 0. The Kier molecular flexibility index (Phi) is 5.01. The first-order valence-corrected chi connectivity index (χ1v) is 10.5. The van der Waals surface area contributed by atoms with E-state index in [0.29, 0.717) is 28.2 Å².